The van der Waals surface area contributed by atoms with Crippen molar-refractivity contribution >= 4 is 39.7 Å². The Morgan fingerprint density at radius 1 is 1.24 bits per heavy atom. The highest BCUT2D eigenvalue weighted by Gasteiger charge is 2.25. The van der Waals surface area contributed by atoms with Crippen molar-refractivity contribution in [3.63, 3.8) is 0 Å². The minimum atomic E-state index is -0.538. The number of fused-ring (bicyclic) bond motifs is 1. The highest BCUT2D eigenvalue weighted by Crippen LogP contribution is 2.38. The Morgan fingerprint density at radius 3 is 2.67 bits per heavy atom. The molecule has 0 fully saturated rings. The molecule has 0 aliphatic carbocycles. The summed E-state index contributed by atoms with van der Waals surface area (Å²) in [5.74, 6) is 0. The highest BCUT2D eigenvalue weighted by atomic mass is 35.5. The molecule has 0 aliphatic heterocycles. The van der Waals surface area contributed by atoms with E-state index in [0.29, 0.717) is 0 Å². The van der Waals surface area contributed by atoms with Gasteiger partial charge in [0, 0.05) is 5.69 Å². The molecule has 1 aromatic heterocycles. The summed E-state index contributed by atoms with van der Waals surface area (Å²) in [6.07, 6.45) is 0. The van der Waals surface area contributed by atoms with Crippen molar-refractivity contribution < 1.29 is 9.55 Å². The van der Waals surface area contributed by atoms with Crippen molar-refractivity contribution in [3.05, 3.63) is 51.0 Å². The van der Waals surface area contributed by atoms with E-state index in [1.54, 1.807) is 0 Å². The van der Waals surface area contributed by atoms with E-state index < -0.39 is 4.92 Å². The predicted molar refractivity (Wildman–Crippen MR) is 77.9 cm³/mol. The third kappa shape index (κ3) is 2.27. The van der Waals surface area contributed by atoms with Gasteiger partial charge in [-0.25, -0.2) is 4.63 Å². The van der Waals surface area contributed by atoms with Crippen LogP contribution in [0.5, 0.6) is 0 Å². The first-order valence-corrected chi connectivity index (χ1v) is 6.37. The molecular weight excluding hydrogens is 296 g/mol. The summed E-state index contributed by atoms with van der Waals surface area (Å²) < 4.78 is 4.55. The molecule has 0 bridgehead atoms. The molecule has 0 unspecified atom stereocenters. The normalized spacial score (nSPS) is 10.8. The van der Waals surface area contributed by atoms with E-state index in [-0.39, 0.29) is 27.4 Å². The average Bonchev–Trinajstić information content (AvgIpc) is 2.90. The van der Waals surface area contributed by atoms with E-state index in [9.17, 15) is 10.1 Å². The third-order valence-electron chi connectivity index (χ3n) is 3.06. The van der Waals surface area contributed by atoms with E-state index in [1.807, 2.05) is 31.2 Å². The van der Waals surface area contributed by atoms with Crippen LogP contribution >= 0.6 is 11.6 Å². The lowest BCUT2D eigenvalue weighted by molar-refractivity contribution is -0.382. The van der Waals surface area contributed by atoms with Gasteiger partial charge >= 0.3 is 5.69 Å². The first-order chi connectivity index (χ1) is 10.1. The van der Waals surface area contributed by atoms with Gasteiger partial charge in [0.05, 0.1) is 9.95 Å². The molecule has 21 heavy (non-hydrogen) atoms. The van der Waals surface area contributed by atoms with Crippen LogP contribution in [-0.4, -0.2) is 15.2 Å². The highest BCUT2D eigenvalue weighted by molar-refractivity contribution is 6.35. The zero-order valence-corrected chi connectivity index (χ0v) is 11.6. The molecule has 0 amide bonds. The molecule has 106 valence electrons. The maximum atomic E-state index is 11.3. The van der Waals surface area contributed by atoms with Gasteiger partial charge in [-0.1, -0.05) is 29.8 Å². The number of benzene rings is 2. The summed E-state index contributed by atoms with van der Waals surface area (Å²) in [7, 11) is 0. The second kappa shape index (κ2) is 5.02. The van der Waals surface area contributed by atoms with Crippen molar-refractivity contribution in [3.8, 4) is 0 Å². The fourth-order valence-corrected chi connectivity index (χ4v) is 2.26. The van der Waals surface area contributed by atoms with Gasteiger partial charge < -0.3 is 5.32 Å². The SMILES string of the molecule is Cc1ccccc1Nc1cc(Cl)c2nonc2c1[N+](=O)[O-]. The molecule has 0 atom stereocenters. The van der Waals surface area contributed by atoms with Crippen molar-refractivity contribution in [1.82, 2.24) is 10.3 Å². The van der Waals surface area contributed by atoms with Gasteiger partial charge in [0.15, 0.2) is 5.52 Å². The number of nitrogens with one attached hydrogen (secondary N) is 1. The van der Waals surface area contributed by atoms with Crippen molar-refractivity contribution in [2.24, 2.45) is 0 Å². The molecule has 8 heteroatoms. The number of nitro groups is 1. The van der Waals surface area contributed by atoms with Crippen LogP contribution in [-0.2, 0) is 0 Å². The van der Waals surface area contributed by atoms with Crippen molar-refractivity contribution in [2.45, 2.75) is 6.92 Å². The lowest BCUT2D eigenvalue weighted by Gasteiger charge is -2.10. The van der Waals surface area contributed by atoms with Crippen LogP contribution in [0.4, 0.5) is 17.1 Å². The summed E-state index contributed by atoms with van der Waals surface area (Å²) >= 11 is 6.06. The largest absolute Gasteiger partial charge is 0.350 e. The Labute approximate surface area is 123 Å². The molecule has 0 saturated heterocycles. The van der Waals surface area contributed by atoms with E-state index >= 15 is 0 Å². The Morgan fingerprint density at radius 2 is 1.95 bits per heavy atom. The number of nitrogens with zero attached hydrogens (tertiary/aromatic N) is 3. The van der Waals surface area contributed by atoms with E-state index in [4.69, 9.17) is 11.6 Å². The van der Waals surface area contributed by atoms with E-state index in [2.05, 4.69) is 20.3 Å². The second-order valence-corrected chi connectivity index (χ2v) is 4.82. The lowest BCUT2D eigenvalue weighted by Crippen LogP contribution is -1.99. The Hall–Kier alpha value is -2.67. The minimum Gasteiger partial charge on any atom is -0.350 e. The van der Waals surface area contributed by atoms with Crippen LogP contribution in [0.2, 0.25) is 5.02 Å². The molecule has 0 aliphatic rings. The van der Waals surface area contributed by atoms with Crippen molar-refractivity contribution in [1.29, 1.82) is 0 Å². The Balaban J connectivity index is 2.20. The number of para-hydroxylation sites is 1. The number of anilines is 2. The summed E-state index contributed by atoms with van der Waals surface area (Å²) in [5, 5.41) is 21.7. The minimum absolute atomic E-state index is 0.0172. The second-order valence-electron chi connectivity index (χ2n) is 4.41. The summed E-state index contributed by atoms with van der Waals surface area (Å²) in [6.45, 7) is 1.89. The molecular formula is C13H9ClN4O3. The molecule has 1 N–H and O–H groups in total. The quantitative estimate of drug-likeness (QED) is 0.583. The summed E-state index contributed by atoms with van der Waals surface area (Å²) in [6, 6.07) is 8.87. The zero-order chi connectivity index (χ0) is 15.0. The fraction of sp³-hybridized carbons (Fsp3) is 0.0769. The molecule has 0 radical (unpaired) electrons. The zero-order valence-electron chi connectivity index (χ0n) is 10.8. The number of halogens is 1. The van der Waals surface area contributed by atoms with Crippen LogP contribution in [0.15, 0.2) is 35.0 Å². The molecule has 0 spiro atoms. The van der Waals surface area contributed by atoms with E-state index in [1.165, 1.54) is 6.07 Å². The van der Waals surface area contributed by atoms with Crippen LogP contribution < -0.4 is 5.32 Å². The van der Waals surface area contributed by atoms with Crippen LogP contribution in [0.25, 0.3) is 11.0 Å². The summed E-state index contributed by atoms with van der Waals surface area (Å²) in [5.41, 5.74) is 1.89. The monoisotopic (exact) mass is 304 g/mol. The number of nitro benzene ring substituents is 1. The van der Waals surface area contributed by atoms with Gasteiger partial charge in [-0.3, -0.25) is 10.1 Å². The topological polar surface area (TPSA) is 94.1 Å². The third-order valence-corrected chi connectivity index (χ3v) is 3.35. The van der Waals surface area contributed by atoms with Gasteiger partial charge in [0.25, 0.3) is 0 Å². The molecule has 3 rings (SSSR count). The fourth-order valence-electron chi connectivity index (χ4n) is 2.03. The first-order valence-electron chi connectivity index (χ1n) is 5.99. The Kier molecular flexibility index (Phi) is 3.19. The smallest absolute Gasteiger partial charge is 0.324 e. The number of hydrogen-bond acceptors (Lipinski definition) is 6. The number of aromatic nitrogens is 2. The molecule has 7 nitrogen and oxygen atoms in total. The number of rotatable bonds is 3. The van der Waals surface area contributed by atoms with Gasteiger partial charge in [0.2, 0.25) is 5.52 Å². The van der Waals surface area contributed by atoms with Crippen molar-refractivity contribution in [2.75, 3.05) is 5.32 Å². The summed E-state index contributed by atoms with van der Waals surface area (Å²) in [4.78, 5) is 10.8. The maximum Gasteiger partial charge on any atom is 0.324 e. The molecule has 2 aromatic carbocycles. The average molecular weight is 305 g/mol. The number of hydrogen-bond donors (Lipinski definition) is 1. The van der Waals surface area contributed by atoms with Gasteiger partial charge in [-0.15, -0.1) is 0 Å². The lowest BCUT2D eigenvalue weighted by atomic mass is 10.1. The van der Waals surface area contributed by atoms with Crippen LogP contribution in [0.3, 0.4) is 0 Å². The van der Waals surface area contributed by atoms with Gasteiger partial charge in [0.1, 0.15) is 5.69 Å². The standard InChI is InChI=1S/C13H9ClN4O3/c1-7-4-2-3-5-9(7)15-10-6-8(14)11-12(17-21-16-11)13(10)18(19)20/h2-6,15H,1H3. The molecule has 0 saturated carbocycles. The maximum absolute atomic E-state index is 11.3. The van der Waals surface area contributed by atoms with Crippen LogP contribution in [0.1, 0.15) is 5.56 Å². The predicted octanol–water partition coefficient (Wildman–Crippen LogP) is 3.84. The Bertz CT molecular complexity index is 847. The van der Waals surface area contributed by atoms with E-state index in [0.717, 1.165) is 11.3 Å². The van der Waals surface area contributed by atoms with Gasteiger partial charge in [-0.05, 0) is 34.9 Å². The number of aryl methyl sites for hydroxylation is 1. The molecule has 3 aromatic rings. The van der Waals surface area contributed by atoms with Crippen LogP contribution in [0, 0.1) is 17.0 Å². The van der Waals surface area contributed by atoms with Gasteiger partial charge in [-0.2, -0.15) is 0 Å². The molecule has 1 heterocycles. The first kappa shape index (κ1) is 13.3.